The van der Waals surface area contributed by atoms with Crippen molar-refractivity contribution in [1.29, 1.82) is 0 Å². The summed E-state index contributed by atoms with van der Waals surface area (Å²) < 4.78 is 11.2. The van der Waals surface area contributed by atoms with Crippen LogP contribution in [-0.4, -0.2) is 60.8 Å². The number of aromatic nitrogens is 1. The first-order valence-corrected chi connectivity index (χ1v) is 8.75. The van der Waals surface area contributed by atoms with Gasteiger partial charge in [0.15, 0.2) is 0 Å². The lowest BCUT2D eigenvalue weighted by Crippen LogP contribution is -2.64. The molecule has 1 saturated heterocycles. The number of pyridine rings is 1. The number of carbonyl (C=O) groups is 1. The number of rotatable bonds is 5. The van der Waals surface area contributed by atoms with Gasteiger partial charge in [-0.05, 0) is 30.5 Å². The van der Waals surface area contributed by atoms with Crippen LogP contribution in [0.1, 0.15) is 31.2 Å². The molecule has 1 amide bonds. The number of amides is 1. The van der Waals surface area contributed by atoms with Gasteiger partial charge in [0.25, 0.3) is 0 Å². The molecule has 0 unspecified atom stereocenters. The normalized spacial score (nSPS) is 28.0. The summed E-state index contributed by atoms with van der Waals surface area (Å²) in [4.78, 5) is 18.5. The monoisotopic (exact) mass is 333 g/mol. The molecule has 0 bridgehead atoms. The minimum atomic E-state index is -0.271. The van der Waals surface area contributed by atoms with E-state index in [0.29, 0.717) is 6.61 Å². The third-order valence-electron chi connectivity index (χ3n) is 5.03. The van der Waals surface area contributed by atoms with Crippen molar-refractivity contribution in [3.05, 3.63) is 30.1 Å². The quantitative estimate of drug-likeness (QED) is 0.881. The average molecular weight is 333 g/mol. The van der Waals surface area contributed by atoms with E-state index >= 15 is 0 Å². The summed E-state index contributed by atoms with van der Waals surface area (Å²) in [6.07, 6.45) is 7.92. The number of ether oxygens (including phenoxy) is 2. The Bertz CT molecular complexity index is 536. The van der Waals surface area contributed by atoms with Crippen molar-refractivity contribution in [2.75, 3.05) is 33.4 Å². The van der Waals surface area contributed by atoms with Gasteiger partial charge in [0.1, 0.15) is 12.2 Å². The van der Waals surface area contributed by atoms with Crippen LogP contribution < -0.4 is 5.32 Å². The van der Waals surface area contributed by atoms with E-state index in [1.54, 1.807) is 7.11 Å². The van der Waals surface area contributed by atoms with Crippen LogP contribution in [0, 0.1) is 0 Å². The summed E-state index contributed by atoms with van der Waals surface area (Å²) in [5, 5.41) is 3.14. The molecule has 6 heteroatoms. The molecule has 1 aromatic rings. The smallest absolute Gasteiger partial charge is 0.246 e. The molecular weight excluding hydrogens is 306 g/mol. The van der Waals surface area contributed by atoms with Gasteiger partial charge < -0.3 is 14.8 Å². The average Bonchev–Trinajstić information content (AvgIpc) is 2.59. The summed E-state index contributed by atoms with van der Waals surface area (Å²) in [5.41, 5.74) is 0.991. The van der Waals surface area contributed by atoms with E-state index in [1.165, 1.54) is 5.56 Å². The van der Waals surface area contributed by atoms with E-state index in [0.717, 1.165) is 45.3 Å². The number of morpholine rings is 1. The van der Waals surface area contributed by atoms with E-state index in [9.17, 15) is 4.79 Å². The van der Waals surface area contributed by atoms with Crippen LogP contribution in [0.3, 0.4) is 0 Å². The Morgan fingerprint density at radius 3 is 3.08 bits per heavy atom. The molecule has 24 heavy (non-hydrogen) atoms. The third-order valence-corrected chi connectivity index (χ3v) is 5.03. The molecule has 2 heterocycles. The molecule has 1 saturated carbocycles. The molecule has 1 aliphatic carbocycles. The van der Waals surface area contributed by atoms with Gasteiger partial charge in [0.05, 0.1) is 12.6 Å². The molecule has 1 aliphatic heterocycles. The molecule has 2 fully saturated rings. The maximum Gasteiger partial charge on any atom is 0.246 e. The van der Waals surface area contributed by atoms with Gasteiger partial charge in [-0.3, -0.25) is 14.7 Å². The lowest BCUT2D eigenvalue weighted by atomic mass is 9.78. The van der Waals surface area contributed by atoms with Gasteiger partial charge in [0.2, 0.25) is 5.91 Å². The van der Waals surface area contributed by atoms with Crippen molar-refractivity contribution in [2.24, 2.45) is 0 Å². The standard InChI is InChI=1S/C18H27N3O3/c1-23-13-17(22)20-16-4-2-3-7-18(16)14-21(10-11-24-18)12-15-5-8-19-9-6-15/h5-6,8-9,16H,2-4,7,10-14H2,1H3,(H,20,22)/t16-,18-/m0/s1. The molecule has 2 aliphatic rings. The molecule has 1 spiro atoms. The number of nitrogens with zero attached hydrogens (tertiary/aromatic N) is 2. The zero-order valence-corrected chi connectivity index (χ0v) is 14.4. The summed E-state index contributed by atoms with van der Waals surface area (Å²) in [7, 11) is 1.55. The lowest BCUT2D eigenvalue weighted by Gasteiger charge is -2.49. The predicted octanol–water partition coefficient (Wildman–Crippen LogP) is 1.36. The Labute approximate surface area is 143 Å². The van der Waals surface area contributed by atoms with Gasteiger partial charge in [-0.25, -0.2) is 0 Å². The first-order chi connectivity index (χ1) is 11.7. The van der Waals surface area contributed by atoms with Crippen LogP contribution >= 0.6 is 0 Å². The zero-order chi connectivity index (χ0) is 16.8. The highest BCUT2D eigenvalue weighted by molar-refractivity contribution is 5.77. The van der Waals surface area contributed by atoms with Gasteiger partial charge in [-0.15, -0.1) is 0 Å². The number of hydrogen-bond donors (Lipinski definition) is 1. The Morgan fingerprint density at radius 2 is 2.29 bits per heavy atom. The minimum Gasteiger partial charge on any atom is -0.375 e. The van der Waals surface area contributed by atoms with Crippen molar-refractivity contribution in [3.8, 4) is 0 Å². The van der Waals surface area contributed by atoms with E-state index in [2.05, 4.69) is 27.3 Å². The minimum absolute atomic E-state index is 0.0568. The molecule has 0 radical (unpaired) electrons. The van der Waals surface area contributed by atoms with Crippen LogP contribution in [0.25, 0.3) is 0 Å². The molecule has 3 rings (SSSR count). The molecule has 0 aromatic carbocycles. The zero-order valence-electron chi connectivity index (χ0n) is 14.4. The highest BCUT2D eigenvalue weighted by atomic mass is 16.5. The van der Waals surface area contributed by atoms with Crippen LogP contribution in [0.4, 0.5) is 0 Å². The first-order valence-electron chi connectivity index (χ1n) is 8.75. The van der Waals surface area contributed by atoms with Gasteiger partial charge in [-0.1, -0.05) is 12.8 Å². The Morgan fingerprint density at radius 1 is 1.46 bits per heavy atom. The molecular formula is C18H27N3O3. The SMILES string of the molecule is COCC(=O)N[C@H]1CCCC[C@]12CN(Cc1ccncc1)CCO2. The fraction of sp³-hybridized carbons (Fsp3) is 0.667. The number of methoxy groups -OCH3 is 1. The van der Waals surface area contributed by atoms with Gasteiger partial charge in [0, 0.05) is 39.1 Å². The fourth-order valence-corrected chi connectivity index (χ4v) is 3.91. The summed E-state index contributed by atoms with van der Waals surface area (Å²) in [5.74, 6) is -0.0568. The maximum atomic E-state index is 12.0. The largest absolute Gasteiger partial charge is 0.375 e. The van der Waals surface area contributed by atoms with Gasteiger partial charge in [-0.2, -0.15) is 0 Å². The van der Waals surface area contributed by atoms with E-state index in [4.69, 9.17) is 9.47 Å². The summed E-state index contributed by atoms with van der Waals surface area (Å²) in [6, 6.07) is 4.18. The second-order valence-electron chi connectivity index (χ2n) is 6.78. The summed E-state index contributed by atoms with van der Waals surface area (Å²) >= 11 is 0. The number of hydrogen-bond acceptors (Lipinski definition) is 5. The van der Waals surface area contributed by atoms with Crippen LogP contribution in [0.2, 0.25) is 0 Å². The van der Waals surface area contributed by atoms with Crippen molar-refractivity contribution < 1.29 is 14.3 Å². The van der Waals surface area contributed by atoms with E-state index < -0.39 is 0 Å². The topological polar surface area (TPSA) is 63.7 Å². The fourth-order valence-electron chi connectivity index (χ4n) is 3.91. The van der Waals surface area contributed by atoms with Crippen LogP contribution in [0.15, 0.2) is 24.5 Å². The number of nitrogens with one attached hydrogen (secondary N) is 1. The van der Waals surface area contributed by atoms with Crippen molar-refractivity contribution >= 4 is 5.91 Å². The predicted molar refractivity (Wildman–Crippen MR) is 90.5 cm³/mol. The second-order valence-corrected chi connectivity index (χ2v) is 6.78. The van der Waals surface area contributed by atoms with Crippen LogP contribution in [-0.2, 0) is 20.8 Å². The third kappa shape index (κ3) is 4.12. The van der Waals surface area contributed by atoms with Crippen molar-refractivity contribution in [2.45, 2.75) is 43.9 Å². The maximum absolute atomic E-state index is 12.0. The Kier molecular flexibility index (Phi) is 5.81. The Balaban J connectivity index is 1.67. The van der Waals surface area contributed by atoms with Crippen molar-refractivity contribution in [3.63, 3.8) is 0 Å². The molecule has 6 nitrogen and oxygen atoms in total. The van der Waals surface area contributed by atoms with E-state index in [-0.39, 0.29) is 24.2 Å². The Hall–Kier alpha value is -1.50. The lowest BCUT2D eigenvalue weighted by molar-refractivity contribution is -0.152. The number of carbonyl (C=O) groups excluding carboxylic acids is 1. The first kappa shape index (κ1) is 17.3. The van der Waals surface area contributed by atoms with Crippen LogP contribution in [0.5, 0.6) is 0 Å². The highest BCUT2D eigenvalue weighted by Gasteiger charge is 2.45. The second kappa shape index (κ2) is 8.05. The molecule has 1 N–H and O–H groups in total. The highest BCUT2D eigenvalue weighted by Crippen LogP contribution is 2.35. The van der Waals surface area contributed by atoms with E-state index in [1.807, 2.05) is 12.4 Å². The van der Waals surface area contributed by atoms with Gasteiger partial charge >= 0.3 is 0 Å². The molecule has 132 valence electrons. The molecule has 1 aromatic heterocycles. The molecule has 2 atom stereocenters. The van der Waals surface area contributed by atoms with Crippen molar-refractivity contribution in [1.82, 2.24) is 15.2 Å². The summed E-state index contributed by atoms with van der Waals surface area (Å²) in [6.45, 7) is 3.48.